The van der Waals surface area contributed by atoms with Gasteiger partial charge in [0.25, 0.3) is 0 Å². The molecule has 0 aliphatic carbocycles. The van der Waals surface area contributed by atoms with E-state index < -0.39 is 0 Å². The van der Waals surface area contributed by atoms with Gasteiger partial charge in [-0.2, -0.15) is 0 Å². The molecule has 0 spiro atoms. The molecule has 0 aromatic carbocycles. The van der Waals surface area contributed by atoms with Gasteiger partial charge < -0.3 is 9.47 Å². The largest absolute Gasteiger partial charge is 0.464 e. The first-order chi connectivity index (χ1) is 12.1. The summed E-state index contributed by atoms with van der Waals surface area (Å²) >= 11 is 0. The van der Waals surface area contributed by atoms with Crippen molar-refractivity contribution in [2.75, 3.05) is 32.8 Å². The van der Waals surface area contributed by atoms with Crippen LogP contribution in [0.2, 0.25) is 0 Å². The van der Waals surface area contributed by atoms with Crippen molar-refractivity contribution in [1.29, 1.82) is 0 Å². The molecule has 0 N–H and O–H groups in total. The Kier molecular flexibility index (Phi) is 16.1. The quantitative estimate of drug-likeness (QED) is 0.254. The van der Waals surface area contributed by atoms with Crippen molar-refractivity contribution >= 4 is 11.9 Å². The highest BCUT2D eigenvalue weighted by molar-refractivity contribution is 5.75. The number of rotatable bonds is 15. The lowest BCUT2D eigenvalue weighted by atomic mass is 10.3. The van der Waals surface area contributed by atoms with E-state index in [0.29, 0.717) is 19.8 Å². The Morgan fingerprint density at radius 3 is 1.68 bits per heavy atom. The number of ether oxygens (including phenoxy) is 2. The average molecular weight is 354 g/mol. The Morgan fingerprint density at radius 1 is 0.800 bits per heavy atom. The van der Waals surface area contributed by atoms with E-state index in [2.05, 4.69) is 20.8 Å². The van der Waals surface area contributed by atoms with Crippen molar-refractivity contribution in [3.8, 4) is 0 Å². The second kappa shape index (κ2) is 17.2. The first-order valence-electron chi connectivity index (χ1n) is 9.47. The molecule has 0 aliphatic rings. The maximum atomic E-state index is 11.9. The molecule has 0 bridgehead atoms. The smallest absolute Gasteiger partial charge is 0.320 e. The predicted molar refractivity (Wildman–Crippen MR) is 101 cm³/mol. The van der Waals surface area contributed by atoms with Gasteiger partial charge in [0.1, 0.15) is 0 Å². The summed E-state index contributed by atoms with van der Waals surface area (Å²) in [5.74, 6) is -0.584. The topological polar surface area (TPSA) is 55.8 Å². The second-order valence-corrected chi connectivity index (χ2v) is 5.84. The Balaban J connectivity index is 4.15. The first-order valence-corrected chi connectivity index (χ1v) is 9.47. The zero-order valence-corrected chi connectivity index (χ0v) is 16.2. The molecule has 0 saturated carbocycles. The average Bonchev–Trinajstić information content (AvgIpc) is 2.59. The molecule has 0 radical (unpaired) electrons. The molecule has 0 unspecified atom stereocenters. The lowest BCUT2D eigenvalue weighted by Crippen LogP contribution is -2.37. The van der Waals surface area contributed by atoms with E-state index in [1.54, 1.807) is 4.90 Å². The summed E-state index contributed by atoms with van der Waals surface area (Å²) in [5, 5.41) is 0. The zero-order chi connectivity index (χ0) is 18.8. The van der Waals surface area contributed by atoms with E-state index in [9.17, 15) is 9.59 Å². The van der Waals surface area contributed by atoms with Crippen molar-refractivity contribution in [3.63, 3.8) is 0 Å². The summed E-state index contributed by atoms with van der Waals surface area (Å²) in [4.78, 5) is 25.6. The van der Waals surface area contributed by atoms with Gasteiger partial charge in [-0.15, -0.1) is 0 Å². The second-order valence-electron chi connectivity index (χ2n) is 5.84. The number of esters is 2. The first kappa shape index (κ1) is 23.4. The predicted octanol–water partition coefficient (Wildman–Crippen LogP) is 3.89. The van der Waals surface area contributed by atoms with Crippen LogP contribution in [0, 0.1) is 0 Å². The van der Waals surface area contributed by atoms with Gasteiger partial charge in [0.15, 0.2) is 0 Å². The number of nitrogens with zero attached hydrogens (tertiary/aromatic N) is 1. The molecule has 0 heterocycles. The monoisotopic (exact) mass is 353 g/mol. The third-order valence-electron chi connectivity index (χ3n) is 3.43. The van der Waals surface area contributed by atoms with E-state index in [1.807, 2.05) is 24.3 Å². The van der Waals surface area contributed by atoms with Crippen LogP contribution in [0.25, 0.3) is 0 Å². The lowest BCUT2D eigenvalue weighted by Gasteiger charge is -2.20. The van der Waals surface area contributed by atoms with Crippen LogP contribution in [0.5, 0.6) is 0 Å². The highest BCUT2D eigenvalue weighted by Gasteiger charge is 2.15. The third kappa shape index (κ3) is 15.6. The Bertz CT molecular complexity index is 371. The van der Waals surface area contributed by atoms with Gasteiger partial charge in [0.05, 0.1) is 26.3 Å². The summed E-state index contributed by atoms with van der Waals surface area (Å²) in [5.41, 5.74) is 0. The third-order valence-corrected chi connectivity index (χ3v) is 3.43. The van der Waals surface area contributed by atoms with E-state index in [0.717, 1.165) is 38.5 Å². The van der Waals surface area contributed by atoms with E-state index in [4.69, 9.17) is 9.47 Å². The van der Waals surface area contributed by atoms with Crippen LogP contribution in [-0.4, -0.2) is 49.7 Å². The van der Waals surface area contributed by atoms with Crippen molar-refractivity contribution < 1.29 is 19.1 Å². The molecule has 0 aliphatic heterocycles. The number of carbonyl (C=O) groups excluding carboxylic acids is 2. The molecule has 0 fully saturated rings. The molecular formula is C20H35NO4. The van der Waals surface area contributed by atoms with Crippen LogP contribution in [-0.2, 0) is 19.1 Å². The maximum Gasteiger partial charge on any atom is 0.320 e. The van der Waals surface area contributed by atoms with Crippen LogP contribution in [0.15, 0.2) is 24.3 Å². The number of allylic oxidation sites excluding steroid dienone is 2. The minimum atomic E-state index is -0.292. The van der Waals surface area contributed by atoms with Crippen LogP contribution in [0.4, 0.5) is 0 Å². The van der Waals surface area contributed by atoms with Crippen molar-refractivity contribution in [1.82, 2.24) is 4.90 Å². The normalized spacial score (nSPS) is 11.5. The Morgan fingerprint density at radius 2 is 1.28 bits per heavy atom. The fourth-order valence-corrected chi connectivity index (χ4v) is 2.10. The molecule has 144 valence electrons. The van der Waals surface area contributed by atoms with Gasteiger partial charge in [0.2, 0.25) is 0 Å². The SMILES string of the molecule is CCC=CCCOC(=O)CN(CCCC)CC(=O)OCCC=CCC. The van der Waals surface area contributed by atoms with Gasteiger partial charge in [-0.05, 0) is 38.6 Å². The zero-order valence-electron chi connectivity index (χ0n) is 16.2. The molecule has 0 aromatic rings. The maximum absolute atomic E-state index is 11.9. The molecule has 5 heteroatoms. The summed E-state index contributed by atoms with van der Waals surface area (Å²) in [6.45, 7) is 7.91. The minimum absolute atomic E-state index is 0.127. The Hall–Kier alpha value is -1.62. The highest BCUT2D eigenvalue weighted by Crippen LogP contribution is 1.99. The summed E-state index contributed by atoms with van der Waals surface area (Å²) < 4.78 is 10.4. The molecular weight excluding hydrogens is 318 g/mol. The van der Waals surface area contributed by atoms with Crippen LogP contribution < -0.4 is 0 Å². The molecule has 0 rings (SSSR count). The van der Waals surface area contributed by atoms with Crippen molar-refractivity contribution in [2.24, 2.45) is 0 Å². The molecule has 5 nitrogen and oxygen atoms in total. The van der Waals surface area contributed by atoms with Crippen LogP contribution in [0.1, 0.15) is 59.3 Å². The number of unbranched alkanes of at least 4 members (excludes halogenated alkanes) is 1. The number of carbonyl (C=O) groups is 2. The van der Waals surface area contributed by atoms with Gasteiger partial charge >= 0.3 is 11.9 Å². The van der Waals surface area contributed by atoms with Gasteiger partial charge in [-0.1, -0.05) is 51.5 Å². The molecule has 0 saturated heterocycles. The van der Waals surface area contributed by atoms with Gasteiger partial charge in [0, 0.05) is 0 Å². The number of hydrogen-bond acceptors (Lipinski definition) is 5. The van der Waals surface area contributed by atoms with Crippen molar-refractivity contribution in [2.45, 2.75) is 59.3 Å². The standard InChI is InChI=1S/C20H35NO4/c1-4-7-10-12-15-24-19(22)17-21(14-9-6-3)18-20(23)25-16-13-11-8-5-2/h7-8,10-11H,4-6,9,12-18H2,1-3H3. The Labute approximate surface area is 153 Å². The summed E-state index contributed by atoms with van der Waals surface area (Å²) in [6.07, 6.45) is 13.5. The van der Waals surface area contributed by atoms with E-state index in [-0.39, 0.29) is 25.0 Å². The molecule has 0 amide bonds. The van der Waals surface area contributed by atoms with Crippen LogP contribution in [0.3, 0.4) is 0 Å². The molecule has 0 atom stereocenters. The van der Waals surface area contributed by atoms with Gasteiger partial charge in [-0.25, -0.2) is 0 Å². The fourth-order valence-electron chi connectivity index (χ4n) is 2.10. The summed E-state index contributed by atoms with van der Waals surface area (Å²) in [7, 11) is 0. The molecule has 25 heavy (non-hydrogen) atoms. The van der Waals surface area contributed by atoms with E-state index in [1.165, 1.54) is 0 Å². The van der Waals surface area contributed by atoms with Gasteiger partial charge in [-0.3, -0.25) is 14.5 Å². The molecule has 0 aromatic heterocycles. The van der Waals surface area contributed by atoms with Crippen molar-refractivity contribution in [3.05, 3.63) is 24.3 Å². The number of hydrogen-bond donors (Lipinski definition) is 0. The lowest BCUT2D eigenvalue weighted by molar-refractivity contribution is -0.148. The van der Waals surface area contributed by atoms with Crippen LogP contribution >= 0.6 is 0 Å². The minimum Gasteiger partial charge on any atom is -0.464 e. The highest BCUT2D eigenvalue weighted by atomic mass is 16.5. The van der Waals surface area contributed by atoms with E-state index >= 15 is 0 Å². The fraction of sp³-hybridized carbons (Fsp3) is 0.700. The summed E-state index contributed by atoms with van der Waals surface area (Å²) in [6, 6.07) is 0.